The summed E-state index contributed by atoms with van der Waals surface area (Å²) in [5.41, 5.74) is 0.866. The Hall–Kier alpha value is -2.04. The molecule has 0 bridgehead atoms. The van der Waals surface area contributed by atoms with E-state index in [0.717, 1.165) is 18.4 Å². The number of nitrogens with one attached hydrogen (secondary N) is 1. The van der Waals surface area contributed by atoms with Crippen LogP contribution in [0.5, 0.6) is 0 Å². The standard InChI is InChI=1S/C18H27NO4/c1-4-10-18(2,3)12-15(11-16(20)21)19-17(22)23-13-14-8-6-5-7-9-14/h5-9,15H,4,10-13H2,1-3H3,(H,19,22)(H,20,21). The van der Waals surface area contributed by atoms with Gasteiger partial charge in [-0.15, -0.1) is 0 Å². The molecule has 0 heterocycles. The third-order valence-electron chi connectivity index (χ3n) is 3.68. The quantitative estimate of drug-likeness (QED) is 0.721. The zero-order chi connectivity index (χ0) is 17.3. The molecule has 128 valence electrons. The first-order valence-electron chi connectivity index (χ1n) is 8.01. The fraction of sp³-hybridized carbons (Fsp3) is 0.556. The number of carboxylic acid groups (broad SMARTS) is 1. The minimum absolute atomic E-state index is 0.0262. The summed E-state index contributed by atoms with van der Waals surface area (Å²) < 4.78 is 5.17. The van der Waals surface area contributed by atoms with Gasteiger partial charge in [-0.1, -0.05) is 57.5 Å². The smallest absolute Gasteiger partial charge is 0.407 e. The summed E-state index contributed by atoms with van der Waals surface area (Å²) in [6.07, 6.45) is 1.92. The number of hydrogen-bond acceptors (Lipinski definition) is 3. The zero-order valence-electron chi connectivity index (χ0n) is 14.2. The van der Waals surface area contributed by atoms with Crippen LogP contribution < -0.4 is 5.32 Å². The summed E-state index contributed by atoms with van der Waals surface area (Å²) in [5, 5.41) is 11.7. The van der Waals surface area contributed by atoms with Crippen molar-refractivity contribution in [1.82, 2.24) is 5.32 Å². The molecule has 2 N–H and O–H groups in total. The number of carboxylic acids is 1. The summed E-state index contributed by atoms with van der Waals surface area (Å²) in [6, 6.07) is 8.94. The summed E-state index contributed by atoms with van der Waals surface area (Å²) in [6.45, 7) is 6.44. The molecule has 0 saturated heterocycles. The molecular weight excluding hydrogens is 294 g/mol. The Bertz CT molecular complexity index is 499. The van der Waals surface area contributed by atoms with Crippen molar-refractivity contribution in [2.75, 3.05) is 0 Å². The fourth-order valence-corrected chi connectivity index (χ4v) is 2.76. The van der Waals surface area contributed by atoms with E-state index in [1.54, 1.807) is 0 Å². The van der Waals surface area contributed by atoms with Crippen LogP contribution in [-0.4, -0.2) is 23.2 Å². The Balaban J connectivity index is 2.54. The Morgan fingerprint density at radius 1 is 1.26 bits per heavy atom. The van der Waals surface area contributed by atoms with Crippen LogP contribution in [-0.2, 0) is 16.1 Å². The molecule has 1 unspecified atom stereocenters. The predicted octanol–water partition coefficient (Wildman–Crippen LogP) is 3.97. The van der Waals surface area contributed by atoms with Crippen molar-refractivity contribution >= 4 is 12.1 Å². The van der Waals surface area contributed by atoms with Gasteiger partial charge in [-0.2, -0.15) is 0 Å². The number of benzene rings is 1. The molecule has 0 fully saturated rings. The number of hydrogen-bond donors (Lipinski definition) is 2. The number of ether oxygens (including phenoxy) is 1. The topological polar surface area (TPSA) is 75.6 Å². The Morgan fingerprint density at radius 3 is 2.48 bits per heavy atom. The van der Waals surface area contributed by atoms with Crippen molar-refractivity contribution in [3.63, 3.8) is 0 Å². The number of rotatable bonds is 9. The fourth-order valence-electron chi connectivity index (χ4n) is 2.76. The average molecular weight is 321 g/mol. The van der Waals surface area contributed by atoms with Crippen molar-refractivity contribution < 1.29 is 19.4 Å². The molecule has 0 aliphatic heterocycles. The van der Waals surface area contributed by atoms with E-state index in [1.807, 2.05) is 30.3 Å². The molecule has 0 aromatic heterocycles. The maximum absolute atomic E-state index is 11.9. The van der Waals surface area contributed by atoms with Crippen LogP contribution in [0.25, 0.3) is 0 Å². The van der Waals surface area contributed by atoms with Gasteiger partial charge in [0.1, 0.15) is 6.61 Å². The highest BCUT2D eigenvalue weighted by Crippen LogP contribution is 2.29. The van der Waals surface area contributed by atoms with Crippen LogP contribution in [0.2, 0.25) is 0 Å². The van der Waals surface area contributed by atoms with Crippen molar-refractivity contribution in [3.8, 4) is 0 Å². The van der Waals surface area contributed by atoms with Crippen molar-refractivity contribution in [1.29, 1.82) is 0 Å². The van der Waals surface area contributed by atoms with Crippen molar-refractivity contribution in [3.05, 3.63) is 35.9 Å². The predicted molar refractivity (Wildman–Crippen MR) is 89.1 cm³/mol. The number of aliphatic carboxylic acids is 1. The third kappa shape index (κ3) is 8.24. The van der Waals surface area contributed by atoms with E-state index >= 15 is 0 Å². The second-order valence-corrected chi connectivity index (χ2v) is 6.62. The highest BCUT2D eigenvalue weighted by Gasteiger charge is 2.26. The van der Waals surface area contributed by atoms with E-state index in [4.69, 9.17) is 9.84 Å². The lowest BCUT2D eigenvalue weighted by molar-refractivity contribution is -0.137. The second-order valence-electron chi connectivity index (χ2n) is 6.62. The molecular formula is C18H27NO4. The number of carbonyl (C=O) groups is 2. The molecule has 1 amide bonds. The van der Waals surface area contributed by atoms with Crippen LogP contribution in [0, 0.1) is 5.41 Å². The van der Waals surface area contributed by atoms with Gasteiger partial charge in [0.2, 0.25) is 0 Å². The summed E-state index contributed by atoms with van der Waals surface area (Å²) in [5.74, 6) is -0.925. The Labute approximate surface area is 138 Å². The van der Waals surface area contributed by atoms with Crippen molar-refractivity contribution in [2.24, 2.45) is 5.41 Å². The van der Waals surface area contributed by atoms with E-state index < -0.39 is 18.1 Å². The first kappa shape index (κ1) is 19.0. The molecule has 0 radical (unpaired) electrons. The van der Waals surface area contributed by atoms with Gasteiger partial charge in [0.25, 0.3) is 0 Å². The van der Waals surface area contributed by atoms with Crippen molar-refractivity contribution in [2.45, 2.75) is 59.1 Å². The summed E-state index contributed by atoms with van der Waals surface area (Å²) >= 11 is 0. The first-order valence-corrected chi connectivity index (χ1v) is 8.01. The van der Waals surface area contributed by atoms with E-state index in [-0.39, 0.29) is 18.4 Å². The summed E-state index contributed by atoms with van der Waals surface area (Å²) in [4.78, 5) is 22.9. The lowest BCUT2D eigenvalue weighted by atomic mass is 9.81. The van der Waals surface area contributed by atoms with Gasteiger partial charge < -0.3 is 15.2 Å². The molecule has 1 rings (SSSR count). The SMILES string of the molecule is CCCC(C)(C)CC(CC(=O)O)NC(=O)OCc1ccccc1. The second kappa shape index (κ2) is 9.18. The van der Waals surface area contributed by atoms with Crippen LogP contribution in [0.4, 0.5) is 4.79 Å². The maximum atomic E-state index is 11.9. The van der Waals surface area contributed by atoms with Gasteiger partial charge in [0, 0.05) is 6.04 Å². The van der Waals surface area contributed by atoms with Crippen LogP contribution in [0.1, 0.15) is 52.0 Å². The first-order chi connectivity index (χ1) is 10.8. The Morgan fingerprint density at radius 2 is 1.91 bits per heavy atom. The summed E-state index contributed by atoms with van der Waals surface area (Å²) in [7, 11) is 0. The molecule has 0 spiro atoms. The van der Waals surface area contributed by atoms with Gasteiger partial charge in [-0.05, 0) is 23.8 Å². The van der Waals surface area contributed by atoms with E-state index in [1.165, 1.54) is 0 Å². The molecule has 1 aromatic carbocycles. The monoisotopic (exact) mass is 321 g/mol. The molecule has 1 aromatic rings. The van der Waals surface area contributed by atoms with Gasteiger partial charge >= 0.3 is 12.1 Å². The van der Waals surface area contributed by atoms with Gasteiger partial charge in [0.15, 0.2) is 0 Å². The minimum atomic E-state index is -0.925. The van der Waals surface area contributed by atoms with Crippen LogP contribution in [0.15, 0.2) is 30.3 Å². The van der Waals surface area contributed by atoms with Crippen LogP contribution in [0.3, 0.4) is 0 Å². The largest absolute Gasteiger partial charge is 0.481 e. The molecule has 1 atom stereocenters. The van der Waals surface area contributed by atoms with E-state index in [9.17, 15) is 9.59 Å². The number of amides is 1. The Kier molecular flexibility index (Phi) is 7.59. The number of carbonyl (C=O) groups excluding carboxylic acids is 1. The maximum Gasteiger partial charge on any atom is 0.407 e. The van der Waals surface area contributed by atoms with E-state index in [2.05, 4.69) is 26.1 Å². The zero-order valence-corrected chi connectivity index (χ0v) is 14.2. The highest BCUT2D eigenvalue weighted by molar-refractivity contribution is 5.71. The molecule has 5 heteroatoms. The van der Waals surface area contributed by atoms with Gasteiger partial charge in [-0.3, -0.25) is 4.79 Å². The molecule has 0 aliphatic carbocycles. The lowest BCUT2D eigenvalue weighted by Gasteiger charge is -2.29. The normalized spacial score (nSPS) is 12.5. The molecule has 23 heavy (non-hydrogen) atoms. The minimum Gasteiger partial charge on any atom is -0.481 e. The van der Waals surface area contributed by atoms with E-state index in [0.29, 0.717) is 6.42 Å². The lowest BCUT2D eigenvalue weighted by Crippen LogP contribution is -2.39. The third-order valence-corrected chi connectivity index (χ3v) is 3.68. The van der Waals surface area contributed by atoms with Gasteiger partial charge in [0.05, 0.1) is 6.42 Å². The number of alkyl carbamates (subject to hydrolysis) is 1. The molecule has 0 saturated carbocycles. The van der Waals surface area contributed by atoms with Gasteiger partial charge in [-0.25, -0.2) is 4.79 Å². The average Bonchev–Trinajstić information content (AvgIpc) is 2.44. The highest BCUT2D eigenvalue weighted by atomic mass is 16.5. The molecule has 0 aliphatic rings. The molecule has 5 nitrogen and oxygen atoms in total. The van der Waals surface area contributed by atoms with Crippen LogP contribution >= 0.6 is 0 Å².